The van der Waals surface area contributed by atoms with Crippen LogP contribution in [0.2, 0.25) is 0 Å². The smallest absolute Gasteiger partial charge is 0.146 e. The molecule has 1 fully saturated rings. The Morgan fingerprint density at radius 2 is 2.44 bits per heavy atom. The zero-order valence-electron chi connectivity index (χ0n) is 5.52. The van der Waals surface area contributed by atoms with Crippen LogP contribution in [0, 0.1) is 0 Å². The zero-order valence-corrected chi connectivity index (χ0v) is 5.52. The molecular formula is C6H12FNO. The Kier molecular flexibility index (Phi) is 1.73. The molecule has 2 atom stereocenters. The molecule has 3 heteroatoms. The molecule has 0 aromatic carbocycles. The van der Waals surface area contributed by atoms with Gasteiger partial charge in [0.1, 0.15) is 5.67 Å². The van der Waals surface area contributed by atoms with E-state index in [9.17, 15) is 4.39 Å². The Bertz CT molecular complexity index is 105. The monoisotopic (exact) mass is 133 g/mol. The van der Waals surface area contributed by atoms with Crippen molar-refractivity contribution in [2.45, 2.75) is 25.1 Å². The zero-order chi connectivity index (χ0) is 6.91. The maximum Gasteiger partial charge on any atom is 0.146 e. The third-order valence-electron chi connectivity index (χ3n) is 1.76. The molecule has 0 aromatic heterocycles. The predicted molar refractivity (Wildman–Crippen MR) is 33.0 cm³/mol. The van der Waals surface area contributed by atoms with Crippen molar-refractivity contribution < 1.29 is 9.50 Å². The highest BCUT2D eigenvalue weighted by molar-refractivity contribution is 4.88. The standard InChI is InChI=1S/C6H12FNO/c1-6(7)4-8-3-2-5(6)9/h5,8-9H,2-4H2,1H3/t5-,6+/m0/s1. The minimum atomic E-state index is -1.42. The van der Waals surface area contributed by atoms with E-state index < -0.39 is 11.8 Å². The molecule has 1 heterocycles. The van der Waals surface area contributed by atoms with E-state index in [-0.39, 0.29) is 6.54 Å². The fraction of sp³-hybridized carbons (Fsp3) is 1.00. The van der Waals surface area contributed by atoms with Crippen molar-refractivity contribution in [2.24, 2.45) is 0 Å². The quantitative estimate of drug-likeness (QED) is 0.490. The van der Waals surface area contributed by atoms with E-state index in [4.69, 9.17) is 5.11 Å². The number of halogens is 1. The SMILES string of the molecule is C[C@@]1(F)CNCC[C@@H]1O. The third kappa shape index (κ3) is 1.40. The highest BCUT2D eigenvalue weighted by atomic mass is 19.1. The molecular weight excluding hydrogens is 121 g/mol. The lowest BCUT2D eigenvalue weighted by atomic mass is 9.95. The van der Waals surface area contributed by atoms with Gasteiger partial charge >= 0.3 is 0 Å². The van der Waals surface area contributed by atoms with Gasteiger partial charge in [-0.2, -0.15) is 0 Å². The van der Waals surface area contributed by atoms with Crippen LogP contribution in [0.1, 0.15) is 13.3 Å². The van der Waals surface area contributed by atoms with Gasteiger partial charge < -0.3 is 10.4 Å². The molecule has 0 bridgehead atoms. The van der Waals surface area contributed by atoms with Gasteiger partial charge in [-0.05, 0) is 19.9 Å². The number of hydrogen-bond acceptors (Lipinski definition) is 2. The van der Waals surface area contributed by atoms with Crippen molar-refractivity contribution in [3.05, 3.63) is 0 Å². The number of aliphatic hydroxyl groups is 1. The molecule has 0 saturated carbocycles. The van der Waals surface area contributed by atoms with Gasteiger partial charge in [0.25, 0.3) is 0 Å². The van der Waals surface area contributed by atoms with Crippen molar-refractivity contribution >= 4 is 0 Å². The van der Waals surface area contributed by atoms with Gasteiger partial charge in [0, 0.05) is 6.54 Å². The molecule has 2 nitrogen and oxygen atoms in total. The Labute approximate surface area is 54.1 Å². The van der Waals surface area contributed by atoms with Crippen LogP contribution in [0.4, 0.5) is 4.39 Å². The summed E-state index contributed by atoms with van der Waals surface area (Å²) in [5.41, 5.74) is -1.42. The fourth-order valence-corrected chi connectivity index (χ4v) is 0.990. The van der Waals surface area contributed by atoms with Crippen LogP contribution in [-0.4, -0.2) is 30.0 Å². The molecule has 0 unspecified atom stereocenters. The molecule has 9 heavy (non-hydrogen) atoms. The molecule has 0 radical (unpaired) electrons. The molecule has 1 saturated heterocycles. The molecule has 1 rings (SSSR count). The molecule has 1 aliphatic rings. The van der Waals surface area contributed by atoms with Gasteiger partial charge in [-0.1, -0.05) is 0 Å². The van der Waals surface area contributed by atoms with Gasteiger partial charge in [0.05, 0.1) is 6.10 Å². The molecule has 0 amide bonds. The van der Waals surface area contributed by atoms with E-state index in [1.54, 1.807) is 0 Å². The minimum absolute atomic E-state index is 0.272. The van der Waals surface area contributed by atoms with Crippen molar-refractivity contribution in [3.63, 3.8) is 0 Å². The first-order valence-corrected chi connectivity index (χ1v) is 3.20. The van der Waals surface area contributed by atoms with E-state index in [0.29, 0.717) is 6.42 Å². The van der Waals surface area contributed by atoms with Gasteiger partial charge in [-0.3, -0.25) is 0 Å². The summed E-state index contributed by atoms with van der Waals surface area (Å²) < 4.78 is 13.0. The Morgan fingerprint density at radius 3 is 2.78 bits per heavy atom. The number of hydrogen-bond donors (Lipinski definition) is 2. The van der Waals surface area contributed by atoms with E-state index in [0.717, 1.165) is 6.54 Å². The van der Waals surface area contributed by atoms with E-state index in [2.05, 4.69) is 5.32 Å². The second kappa shape index (κ2) is 2.23. The highest BCUT2D eigenvalue weighted by Crippen LogP contribution is 2.19. The highest BCUT2D eigenvalue weighted by Gasteiger charge is 2.34. The fourth-order valence-electron chi connectivity index (χ4n) is 0.990. The first-order chi connectivity index (χ1) is 4.13. The maximum absolute atomic E-state index is 13.0. The van der Waals surface area contributed by atoms with Crippen LogP contribution in [0.15, 0.2) is 0 Å². The van der Waals surface area contributed by atoms with E-state index in [1.807, 2.05) is 0 Å². The summed E-state index contributed by atoms with van der Waals surface area (Å²) in [7, 11) is 0. The van der Waals surface area contributed by atoms with Gasteiger partial charge in [0.2, 0.25) is 0 Å². The van der Waals surface area contributed by atoms with Crippen LogP contribution in [0.3, 0.4) is 0 Å². The third-order valence-corrected chi connectivity index (χ3v) is 1.76. The summed E-state index contributed by atoms with van der Waals surface area (Å²) in [5, 5.41) is 11.9. The van der Waals surface area contributed by atoms with E-state index in [1.165, 1.54) is 6.92 Å². The Hall–Kier alpha value is -0.150. The lowest BCUT2D eigenvalue weighted by Crippen LogP contribution is -2.50. The lowest BCUT2D eigenvalue weighted by molar-refractivity contribution is -0.0166. The van der Waals surface area contributed by atoms with Crippen molar-refractivity contribution in [1.82, 2.24) is 5.32 Å². The second-order valence-corrected chi connectivity index (χ2v) is 2.76. The average Bonchev–Trinajstić information content (AvgIpc) is 1.77. The Balaban J connectivity index is 2.49. The normalized spacial score (nSPS) is 45.0. The summed E-state index contributed by atoms with van der Waals surface area (Å²) in [6, 6.07) is 0. The van der Waals surface area contributed by atoms with Crippen molar-refractivity contribution in [3.8, 4) is 0 Å². The maximum atomic E-state index is 13.0. The van der Waals surface area contributed by atoms with Crippen LogP contribution < -0.4 is 5.32 Å². The molecule has 1 aliphatic heterocycles. The van der Waals surface area contributed by atoms with Gasteiger partial charge in [-0.25, -0.2) is 4.39 Å². The number of piperidine rings is 1. The number of aliphatic hydroxyl groups excluding tert-OH is 1. The van der Waals surface area contributed by atoms with Crippen LogP contribution in [0.5, 0.6) is 0 Å². The minimum Gasteiger partial charge on any atom is -0.390 e. The lowest BCUT2D eigenvalue weighted by Gasteiger charge is -2.31. The summed E-state index contributed by atoms with van der Waals surface area (Å²) in [4.78, 5) is 0. The largest absolute Gasteiger partial charge is 0.390 e. The van der Waals surface area contributed by atoms with Gasteiger partial charge in [0.15, 0.2) is 0 Å². The summed E-state index contributed by atoms with van der Waals surface area (Å²) in [5.74, 6) is 0. The summed E-state index contributed by atoms with van der Waals surface area (Å²) in [6.07, 6.45) is -0.258. The molecule has 0 aliphatic carbocycles. The summed E-state index contributed by atoms with van der Waals surface area (Å²) >= 11 is 0. The van der Waals surface area contributed by atoms with Gasteiger partial charge in [-0.15, -0.1) is 0 Å². The van der Waals surface area contributed by atoms with Crippen molar-refractivity contribution in [1.29, 1.82) is 0 Å². The Morgan fingerprint density at radius 1 is 1.78 bits per heavy atom. The van der Waals surface area contributed by atoms with Crippen LogP contribution in [-0.2, 0) is 0 Å². The van der Waals surface area contributed by atoms with Crippen molar-refractivity contribution in [2.75, 3.05) is 13.1 Å². The number of nitrogens with one attached hydrogen (secondary N) is 1. The molecule has 0 aromatic rings. The first-order valence-electron chi connectivity index (χ1n) is 3.20. The number of alkyl halides is 1. The topological polar surface area (TPSA) is 32.3 Å². The molecule has 54 valence electrons. The van der Waals surface area contributed by atoms with Crippen LogP contribution in [0.25, 0.3) is 0 Å². The van der Waals surface area contributed by atoms with Crippen LogP contribution >= 0.6 is 0 Å². The first kappa shape index (κ1) is 6.96. The number of rotatable bonds is 0. The van der Waals surface area contributed by atoms with E-state index >= 15 is 0 Å². The summed E-state index contributed by atoms with van der Waals surface area (Å²) in [6.45, 7) is 2.42. The second-order valence-electron chi connectivity index (χ2n) is 2.76. The predicted octanol–water partition coefficient (Wildman–Crippen LogP) is 0.0688. The molecule has 2 N–H and O–H groups in total. The molecule has 0 spiro atoms. The average molecular weight is 133 g/mol.